The average molecular weight is 343 g/mol. The third-order valence-electron chi connectivity index (χ3n) is 3.05. The van der Waals surface area contributed by atoms with Gasteiger partial charge in [-0.3, -0.25) is 14.1 Å². The van der Waals surface area contributed by atoms with Gasteiger partial charge in [0.05, 0.1) is 11.1 Å². The number of amides is 2. The predicted octanol–water partition coefficient (Wildman–Crippen LogP) is 1.39. The van der Waals surface area contributed by atoms with Crippen molar-refractivity contribution in [3.05, 3.63) is 35.4 Å². The van der Waals surface area contributed by atoms with E-state index < -0.39 is 33.3 Å². The lowest BCUT2D eigenvalue weighted by Crippen LogP contribution is -2.49. The van der Waals surface area contributed by atoms with Crippen molar-refractivity contribution in [3.8, 4) is 0 Å². The van der Waals surface area contributed by atoms with E-state index in [0.717, 1.165) is 0 Å². The molecule has 0 saturated carbocycles. The van der Waals surface area contributed by atoms with Crippen molar-refractivity contribution in [2.45, 2.75) is 32.1 Å². The van der Waals surface area contributed by atoms with Crippen molar-refractivity contribution in [1.29, 1.82) is 0 Å². The van der Waals surface area contributed by atoms with Crippen molar-refractivity contribution >= 4 is 27.9 Å². The van der Waals surface area contributed by atoms with E-state index in [-0.39, 0.29) is 16.0 Å². The zero-order valence-electron chi connectivity index (χ0n) is 12.6. The van der Waals surface area contributed by atoms with Crippen molar-refractivity contribution in [2.75, 3.05) is 0 Å². The van der Waals surface area contributed by atoms with Crippen molar-refractivity contribution < 1.29 is 32.5 Å². The van der Waals surface area contributed by atoms with Crippen LogP contribution in [0.15, 0.2) is 24.3 Å². The third kappa shape index (κ3) is 3.93. The van der Waals surface area contributed by atoms with Gasteiger partial charge in [0.1, 0.15) is 0 Å². The molecule has 8 nitrogen and oxygen atoms in total. The van der Waals surface area contributed by atoms with Gasteiger partial charge >= 0.3 is 5.97 Å². The number of carbonyl (C=O) groups is 3. The van der Waals surface area contributed by atoms with E-state index in [9.17, 15) is 22.8 Å². The van der Waals surface area contributed by atoms with Crippen LogP contribution in [0.5, 0.6) is 0 Å². The number of rotatable bonds is 4. The molecule has 1 aromatic rings. The largest absolute Gasteiger partial charge is 0.479 e. The summed E-state index contributed by atoms with van der Waals surface area (Å²) in [6.07, 6.45) is 2.64. The summed E-state index contributed by atoms with van der Waals surface area (Å²) in [5.74, 6) is -4.17. The highest BCUT2D eigenvalue weighted by molar-refractivity contribution is 7.87. The Bertz CT molecular complexity index is 689. The summed E-state index contributed by atoms with van der Waals surface area (Å²) in [5.41, 5.74) is -0.218. The third-order valence-corrected chi connectivity index (χ3v) is 4.03. The Hall–Kier alpha value is -2.26. The first-order chi connectivity index (χ1) is 10.7. The molecule has 23 heavy (non-hydrogen) atoms. The van der Waals surface area contributed by atoms with Crippen LogP contribution in [0.4, 0.5) is 0 Å². The molecule has 0 aliphatic carbocycles. The Labute approximate surface area is 133 Å². The second-order valence-corrected chi connectivity index (χ2v) is 6.21. The Morgan fingerprint density at radius 2 is 1.48 bits per heavy atom. The summed E-state index contributed by atoms with van der Waals surface area (Å²) in [4.78, 5) is 34.6. The standard InChI is InChI=1S/C10H7NO7S.C4H10/c12-7-5-3-1-2-4-6(5)8(13)11(7)9(10(14)15)19(16,17)18;1-3-4-2/h1-4,9H,(H,14,15)(H,16,17,18);3-4H2,1-2H3. The molecule has 0 aromatic heterocycles. The summed E-state index contributed by atoms with van der Waals surface area (Å²) in [5, 5.41) is 6.15. The second kappa shape index (κ2) is 7.34. The predicted molar refractivity (Wildman–Crippen MR) is 80.5 cm³/mol. The number of nitrogens with zero attached hydrogens (tertiary/aromatic N) is 1. The van der Waals surface area contributed by atoms with Crippen LogP contribution >= 0.6 is 0 Å². The summed E-state index contributed by atoms with van der Waals surface area (Å²) in [6.45, 7) is 4.36. The summed E-state index contributed by atoms with van der Waals surface area (Å²) in [6, 6.07) is 5.41. The highest BCUT2D eigenvalue weighted by atomic mass is 32.2. The highest BCUT2D eigenvalue weighted by Crippen LogP contribution is 2.26. The number of carbonyl (C=O) groups excluding carboxylic acids is 2. The maximum atomic E-state index is 11.9. The molecule has 0 spiro atoms. The lowest BCUT2D eigenvalue weighted by Gasteiger charge is -2.19. The monoisotopic (exact) mass is 343 g/mol. The first-order valence-corrected chi connectivity index (χ1v) is 8.33. The van der Waals surface area contributed by atoms with Gasteiger partial charge in [0.2, 0.25) is 0 Å². The number of unbranched alkanes of at least 4 members (excludes halogenated alkanes) is 1. The maximum Gasteiger partial charge on any atom is 0.345 e. The van der Waals surface area contributed by atoms with Gasteiger partial charge in [0.25, 0.3) is 27.3 Å². The molecule has 1 aliphatic rings. The number of hydrogen-bond acceptors (Lipinski definition) is 5. The fourth-order valence-corrected chi connectivity index (χ4v) is 2.50. The zero-order chi connectivity index (χ0) is 17.8. The van der Waals surface area contributed by atoms with E-state index in [2.05, 4.69) is 13.8 Å². The summed E-state index contributed by atoms with van der Waals surface area (Å²) < 4.78 is 30.9. The Kier molecular flexibility index (Phi) is 5.99. The van der Waals surface area contributed by atoms with E-state index in [1.54, 1.807) is 0 Å². The van der Waals surface area contributed by atoms with E-state index in [1.807, 2.05) is 0 Å². The summed E-state index contributed by atoms with van der Waals surface area (Å²) >= 11 is 0. The van der Waals surface area contributed by atoms with Gasteiger partial charge in [-0.05, 0) is 12.1 Å². The molecular weight excluding hydrogens is 326 g/mol. The van der Waals surface area contributed by atoms with Crippen molar-refractivity contribution in [3.63, 3.8) is 0 Å². The minimum Gasteiger partial charge on any atom is -0.479 e. The number of carboxylic acids is 1. The Morgan fingerprint density at radius 3 is 1.74 bits per heavy atom. The first-order valence-electron chi connectivity index (χ1n) is 6.82. The van der Waals surface area contributed by atoms with Gasteiger partial charge < -0.3 is 5.11 Å². The molecule has 1 atom stereocenters. The van der Waals surface area contributed by atoms with Crippen LogP contribution in [0.1, 0.15) is 47.4 Å². The SMILES string of the molecule is CCCC.O=C(O)C(N1C(=O)c2ccccc2C1=O)S(=O)(=O)O. The molecule has 0 radical (unpaired) electrons. The molecule has 0 fully saturated rings. The van der Waals surface area contributed by atoms with E-state index in [1.165, 1.54) is 37.1 Å². The molecule has 0 bridgehead atoms. The number of hydrogen-bond donors (Lipinski definition) is 2. The number of fused-ring (bicyclic) bond motifs is 1. The van der Waals surface area contributed by atoms with E-state index in [0.29, 0.717) is 0 Å². The van der Waals surface area contributed by atoms with Gasteiger partial charge in [-0.25, -0.2) is 9.69 Å². The molecule has 0 saturated heterocycles. The smallest absolute Gasteiger partial charge is 0.345 e. The number of imide groups is 1. The first kappa shape index (κ1) is 18.8. The molecule has 1 aromatic carbocycles. The molecule has 2 amide bonds. The Balaban J connectivity index is 0.000000593. The molecule has 1 aliphatic heterocycles. The molecule has 126 valence electrons. The Morgan fingerprint density at radius 1 is 1.09 bits per heavy atom. The molecule has 1 unspecified atom stereocenters. The maximum absolute atomic E-state index is 11.9. The van der Waals surface area contributed by atoms with Crippen LogP contribution in [0.25, 0.3) is 0 Å². The van der Waals surface area contributed by atoms with E-state index in [4.69, 9.17) is 9.66 Å². The van der Waals surface area contributed by atoms with Gasteiger partial charge in [-0.15, -0.1) is 0 Å². The molecule has 1 heterocycles. The lowest BCUT2D eigenvalue weighted by molar-refractivity contribution is -0.138. The minimum atomic E-state index is -5.15. The number of benzene rings is 1. The normalized spacial score (nSPS) is 14.8. The van der Waals surface area contributed by atoms with Crippen molar-refractivity contribution in [1.82, 2.24) is 4.90 Å². The second-order valence-electron chi connectivity index (χ2n) is 4.73. The molecular formula is C14H17NO7S. The van der Waals surface area contributed by atoms with E-state index >= 15 is 0 Å². The minimum absolute atomic E-state index is 0.0162. The van der Waals surface area contributed by atoms with Crippen LogP contribution in [0.3, 0.4) is 0 Å². The molecule has 2 N–H and O–H groups in total. The number of carboxylic acid groups (broad SMARTS) is 1. The van der Waals surface area contributed by atoms with Crippen molar-refractivity contribution in [2.24, 2.45) is 0 Å². The average Bonchev–Trinajstić information content (AvgIpc) is 2.72. The summed E-state index contributed by atoms with van der Waals surface area (Å²) in [7, 11) is -5.15. The quantitative estimate of drug-likeness (QED) is 0.624. The fourth-order valence-electron chi connectivity index (χ4n) is 1.79. The van der Waals surface area contributed by atoms with Gasteiger partial charge in [-0.2, -0.15) is 8.42 Å². The topological polar surface area (TPSA) is 129 Å². The van der Waals surface area contributed by atoms with Crippen LogP contribution < -0.4 is 0 Å². The van der Waals surface area contributed by atoms with Crippen LogP contribution in [0.2, 0.25) is 0 Å². The number of aliphatic carboxylic acids is 1. The van der Waals surface area contributed by atoms with Gasteiger partial charge in [-0.1, -0.05) is 38.8 Å². The lowest BCUT2D eigenvalue weighted by atomic mass is 10.1. The fraction of sp³-hybridized carbons (Fsp3) is 0.357. The van der Waals surface area contributed by atoms with Crippen LogP contribution in [-0.2, 0) is 14.9 Å². The van der Waals surface area contributed by atoms with Crippen LogP contribution in [0, 0.1) is 0 Å². The van der Waals surface area contributed by atoms with Gasteiger partial charge in [0, 0.05) is 0 Å². The van der Waals surface area contributed by atoms with Gasteiger partial charge in [0.15, 0.2) is 0 Å². The zero-order valence-corrected chi connectivity index (χ0v) is 13.4. The van der Waals surface area contributed by atoms with Crippen LogP contribution in [-0.4, -0.2) is 46.1 Å². The highest BCUT2D eigenvalue weighted by Gasteiger charge is 2.48. The molecule has 2 rings (SSSR count). The molecule has 9 heteroatoms.